The standard InChI is InChI=1S/C19H21F2N3O4S/c20-19(21)29(26,27)15-6-2-1-5-14(15)18(25)24-9-3-4-12(11-24)10-16-22-17(23-28-16)13-7-8-13/h1-2,5-6,12-13,19H,3-4,7-11H2/t12-/m1/s1. The number of sulfone groups is 1. The molecule has 1 saturated carbocycles. The number of hydrogen-bond acceptors (Lipinski definition) is 6. The van der Waals surface area contributed by atoms with Gasteiger partial charge in [-0.1, -0.05) is 17.3 Å². The van der Waals surface area contributed by atoms with Crippen molar-refractivity contribution in [2.24, 2.45) is 5.92 Å². The van der Waals surface area contributed by atoms with Crippen molar-refractivity contribution in [2.45, 2.75) is 48.7 Å². The normalized spacial score (nSPS) is 20.2. The molecule has 0 radical (unpaired) electrons. The molecule has 29 heavy (non-hydrogen) atoms. The fraction of sp³-hybridized carbons (Fsp3) is 0.526. The van der Waals surface area contributed by atoms with Crippen molar-refractivity contribution in [3.63, 3.8) is 0 Å². The van der Waals surface area contributed by atoms with Gasteiger partial charge < -0.3 is 9.42 Å². The summed E-state index contributed by atoms with van der Waals surface area (Å²) in [4.78, 5) is 18.3. The molecule has 1 aliphatic heterocycles. The fourth-order valence-electron chi connectivity index (χ4n) is 3.68. The van der Waals surface area contributed by atoms with E-state index in [1.54, 1.807) is 0 Å². The molecular formula is C19H21F2N3O4S. The van der Waals surface area contributed by atoms with Crippen molar-refractivity contribution in [2.75, 3.05) is 13.1 Å². The van der Waals surface area contributed by atoms with Gasteiger partial charge in [-0.3, -0.25) is 4.79 Å². The third-order valence-corrected chi connectivity index (χ3v) is 6.79. The molecule has 1 saturated heterocycles. The summed E-state index contributed by atoms with van der Waals surface area (Å²) in [6.45, 7) is 0.818. The Bertz CT molecular complexity index is 1000. The van der Waals surface area contributed by atoms with Crippen LogP contribution in [-0.2, 0) is 16.3 Å². The molecule has 2 aromatic rings. The number of carbonyl (C=O) groups excluding carboxylic acids is 1. The lowest BCUT2D eigenvalue weighted by atomic mass is 9.94. The van der Waals surface area contributed by atoms with Crippen LogP contribution in [0.5, 0.6) is 0 Å². The molecule has 1 aromatic carbocycles. The largest absolute Gasteiger partial charge is 0.341 e. The van der Waals surface area contributed by atoms with Crippen LogP contribution in [0.2, 0.25) is 0 Å². The van der Waals surface area contributed by atoms with Crippen molar-refractivity contribution >= 4 is 15.7 Å². The summed E-state index contributed by atoms with van der Waals surface area (Å²) in [5, 5.41) is 4.00. The smallest absolute Gasteiger partial charge is 0.339 e. The van der Waals surface area contributed by atoms with Gasteiger partial charge in [0.05, 0.1) is 10.5 Å². The molecule has 1 atom stereocenters. The second-order valence-corrected chi connectivity index (χ2v) is 9.47. The van der Waals surface area contributed by atoms with Gasteiger partial charge in [-0.05, 0) is 43.7 Å². The number of nitrogens with zero attached hydrogens (tertiary/aromatic N) is 3. The zero-order valence-electron chi connectivity index (χ0n) is 15.6. The molecule has 156 valence electrons. The summed E-state index contributed by atoms with van der Waals surface area (Å²) < 4.78 is 55.3. The van der Waals surface area contributed by atoms with E-state index in [4.69, 9.17) is 4.52 Å². The highest BCUT2D eigenvalue weighted by Gasteiger charge is 2.34. The second kappa shape index (κ2) is 7.81. The SMILES string of the molecule is O=C(c1ccccc1S(=O)(=O)C(F)F)N1CCC[C@H](Cc2nc(C3CC3)no2)C1. The highest BCUT2D eigenvalue weighted by molar-refractivity contribution is 7.91. The maximum Gasteiger partial charge on any atom is 0.341 e. The molecule has 1 aliphatic carbocycles. The van der Waals surface area contributed by atoms with E-state index in [-0.39, 0.29) is 11.5 Å². The summed E-state index contributed by atoms with van der Waals surface area (Å²) in [7, 11) is -4.87. The van der Waals surface area contributed by atoms with E-state index in [0.29, 0.717) is 31.3 Å². The van der Waals surface area contributed by atoms with E-state index >= 15 is 0 Å². The number of carbonyl (C=O) groups is 1. The minimum Gasteiger partial charge on any atom is -0.339 e. The Morgan fingerprint density at radius 2 is 2.00 bits per heavy atom. The van der Waals surface area contributed by atoms with Gasteiger partial charge in [0.15, 0.2) is 5.82 Å². The Kier molecular flexibility index (Phi) is 5.37. The Morgan fingerprint density at radius 3 is 2.72 bits per heavy atom. The van der Waals surface area contributed by atoms with Crippen LogP contribution in [0.15, 0.2) is 33.7 Å². The first kappa shape index (κ1) is 19.9. The third kappa shape index (κ3) is 4.17. The molecule has 2 aliphatic rings. The summed E-state index contributed by atoms with van der Waals surface area (Å²) in [6.07, 6.45) is 4.27. The maximum absolute atomic E-state index is 13.0. The van der Waals surface area contributed by atoms with E-state index in [9.17, 15) is 22.0 Å². The van der Waals surface area contributed by atoms with Crippen LogP contribution >= 0.6 is 0 Å². The van der Waals surface area contributed by atoms with Crippen molar-refractivity contribution in [1.82, 2.24) is 15.0 Å². The number of likely N-dealkylation sites (tertiary alicyclic amines) is 1. The molecule has 1 amide bonds. The minimum atomic E-state index is -4.87. The Labute approximate surface area is 167 Å². The van der Waals surface area contributed by atoms with E-state index in [0.717, 1.165) is 37.6 Å². The molecule has 0 bridgehead atoms. The van der Waals surface area contributed by atoms with Crippen LogP contribution in [0.4, 0.5) is 8.78 Å². The van der Waals surface area contributed by atoms with Gasteiger partial charge in [0.1, 0.15) is 0 Å². The highest BCUT2D eigenvalue weighted by atomic mass is 32.2. The first-order valence-corrected chi connectivity index (χ1v) is 11.1. The summed E-state index contributed by atoms with van der Waals surface area (Å²) in [6, 6.07) is 5.13. The van der Waals surface area contributed by atoms with E-state index in [1.165, 1.54) is 23.1 Å². The Hall–Kier alpha value is -2.36. The number of alkyl halides is 2. The zero-order chi connectivity index (χ0) is 20.6. The highest BCUT2D eigenvalue weighted by Crippen LogP contribution is 2.38. The lowest BCUT2D eigenvalue weighted by molar-refractivity contribution is 0.0664. The fourth-order valence-corrected chi connectivity index (χ4v) is 4.60. The Balaban J connectivity index is 1.49. The predicted molar refractivity (Wildman–Crippen MR) is 98.2 cm³/mol. The number of piperidine rings is 1. The molecule has 4 rings (SSSR count). The average Bonchev–Trinajstić information content (AvgIpc) is 3.47. The van der Waals surface area contributed by atoms with Gasteiger partial charge in [0.25, 0.3) is 5.91 Å². The van der Waals surface area contributed by atoms with E-state index < -0.39 is 26.4 Å². The van der Waals surface area contributed by atoms with Crippen molar-refractivity contribution in [3.8, 4) is 0 Å². The predicted octanol–water partition coefficient (Wildman–Crippen LogP) is 3.04. The Morgan fingerprint density at radius 1 is 1.24 bits per heavy atom. The maximum atomic E-state index is 13.0. The lowest BCUT2D eigenvalue weighted by Crippen LogP contribution is -2.41. The van der Waals surface area contributed by atoms with Gasteiger partial charge in [-0.2, -0.15) is 13.8 Å². The molecule has 0 spiro atoms. The molecule has 1 aromatic heterocycles. The summed E-state index contributed by atoms with van der Waals surface area (Å²) in [5.74, 6) is -2.39. The van der Waals surface area contributed by atoms with Gasteiger partial charge >= 0.3 is 5.76 Å². The average molecular weight is 425 g/mol. The van der Waals surface area contributed by atoms with Gasteiger partial charge in [0, 0.05) is 25.4 Å². The van der Waals surface area contributed by atoms with Crippen molar-refractivity contribution < 1.29 is 26.5 Å². The minimum absolute atomic E-state index is 0.0825. The monoisotopic (exact) mass is 425 g/mol. The molecule has 2 heterocycles. The van der Waals surface area contributed by atoms with E-state index in [2.05, 4.69) is 10.1 Å². The van der Waals surface area contributed by atoms with Crippen LogP contribution in [-0.4, -0.2) is 48.2 Å². The molecule has 2 fully saturated rings. The molecule has 10 heteroatoms. The second-order valence-electron chi connectivity index (χ2n) is 7.59. The first-order valence-electron chi connectivity index (χ1n) is 9.59. The molecule has 7 nitrogen and oxygen atoms in total. The third-order valence-electron chi connectivity index (χ3n) is 5.35. The number of rotatable bonds is 6. The van der Waals surface area contributed by atoms with E-state index in [1.807, 2.05) is 0 Å². The van der Waals surface area contributed by atoms with Crippen LogP contribution in [0.25, 0.3) is 0 Å². The quantitative estimate of drug-likeness (QED) is 0.706. The van der Waals surface area contributed by atoms with Crippen LogP contribution in [0.3, 0.4) is 0 Å². The van der Waals surface area contributed by atoms with Crippen LogP contribution in [0, 0.1) is 5.92 Å². The molecule has 0 unspecified atom stereocenters. The van der Waals surface area contributed by atoms with Gasteiger partial charge in [-0.25, -0.2) is 8.42 Å². The number of amides is 1. The summed E-state index contributed by atoms with van der Waals surface area (Å²) >= 11 is 0. The zero-order valence-corrected chi connectivity index (χ0v) is 16.4. The topological polar surface area (TPSA) is 93.4 Å². The van der Waals surface area contributed by atoms with Crippen molar-refractivity contribution in [3.05, 3.63) is 41.5 Å². The van der Waals surface area contributed by atoms with Crippen LogP contribution < -0.4 is 0 Å². The number of benzene rings is 1. The van der Waals surface area contributed by atoms with Gasteiger partial charge in [0.2, 0.25) is 15.7 Å². The molecular weight excluding hydrogens is 404 g/mol. The number of halogens is 2. The number of hydrogen-bond donors (Lipinski definition) is 0. The van der Waals surface area contributed by atoms with Gasteiger partial charge in [-0.15, -0.1) is 0 Å². The number of aromatic nitrogens is 2. The summed E-state index contributed by atoms with van der Waals surface area (Å²) in [5.41, 5.74) is -0.220. The van der Waals surface area contributed by atoms with Crippen molar-refractivity contribution in [1.29, 1.82) is 0 Å². The molecule has 0 N–H and O–H groups in total. The first-order chi connectivity index (χ1) is 13.9. The lowest BCUT2D eigenvalue weighted by Gasteiger charge is -2.32. The van der Waals surface area contributed by atoms with Crippen LogP contribution in [0.1, 0.15) is 53.7 Å².